The molecule has 3 rings (SSSR count). The topological polar surface area (TPSA) is 110 Å². The van der Waals surface area contributed by atoms with Crippen molar-refractivity contribution in [1.82, 2.24) is 9.80 Å². The molecule has 2 atom stereocenters. The van der Waals surface area contributed by atoms with E-state index in [2.05, 4.69) is 0 Å². The number of ether oxygens (including phenoxy) is 2. The smallest absolute Gasteiger partial charge is 0.333 e. The van der Waals surface area contributed by atoms with E-state index in [-0.39, 0.29) is 53.9 Å². The average Bonchev–Trinajstić information content (AvgIpc) is 2.72. The molecule has 2 aliphatic heterocycles. The van der Waals surface area contributed by atoms with Gasteiger partial charge in [0.05, 0.1) is 19.7 Å². The number of rotatable bonds is 4. The second-order valence-corrected chi connectivity index (χ2v) is 7.51. The number of Topliss-reactive ketones (excluding diaryl/α,β-unsaturated/α-hetero) is 2. The second kappa shape index (κ2) is 7.89. The molecule has 0 aromatic rings. The SMILES string of the molecule is C/C=C(/C)C(=O)OC[C@@H]1C2=C(CC3C(=O)N(C)CC(=O)N31)C(=O)C(C)=C(OC)C2=O. The molecule has 2 heterocycles. The van der Waals surface area contributed by atoms with Crippen LogP contribution < -0.4 is 0 Å². The summed E-state index contributed by atoms with van der Waals surface area (Å²) >= 11 is 0. The van der Waals surface area contributed by atoms with Crippen molar-refractivity contribution in [2.45, 2.75) is 39.3 Å². The Morgan fingerprint density at radius 1 is 1.20 bits per heavy atom. The van der Waals surface area contributed by atoms with E-state index in [1.165, 1.54) is 30.9 Å². The van der Waals surface area contributed by atoms with Crippen LogP contribution in [0.5, 0.6) is 0 Å². The fraction of sp³-hybridized carbons (Fsp3) is 0.476. The summed E-state index contributed by atoms with van der Waals surface area (Å²) in [4.78, 5) is 66.4. The molecule has 160 valence electrons. The fourth-order valence-electron chi connectivity index (χ4n) is 4.05. The Balaban J connectivity index is 2.09. The van der Waals surface area contributed by atoms with E-state index in [1.807, 2.05) is 0 Å². The number of carbonyl (C=O) groups excluding carboxylic acids is 5. The molecule has 30 heavy (non-hydrogen) atoms. The highest BCUT2D eigenvalue weighted by Crippen LogP contribution is 2.38. The first-order valence-corrected chi connectivity index (χ1v) is 9.57. The molecule has 3 aliphatic rings. The van der Waals surface area contributed by atoms with Gasteiger partial charge >= 0.3 is 5.97 Å². The van der Waals surface area contributed by atoms with Crippen molar-refractivity contribution in [3.63, 3.8) is 0 Å². The van der Waals surface area contributed by atoms with Gasteiger partial charge in [0.1, 0.15) is 12.6 Å². The van der Waals surface area contributed by atoms with Gasteiger partial charge in [-0.3, -0.25) is 19.2 Å². The molecule has 2 amide bonds. The number of esters is 1. The van der Waals surface area contributed by atoms with Crippen LogP contribution in [-0.2, 0) is 33.4 Å². The third kappa shape index (κ3) is 3.24. The highest BCUT2D eigenvalue weighted by Gasteiger charge is 2.51. The number of nitrogens with zero attached hydrogens (tertiary/aromatic N) is 2. The average molecular weight is 416 g/mol. The molecule has 0 saturated carbocycles. The van der Waals surface area contributed by atoms with Gasteiger partial charge in [0.15, 0.2) is 11.5 Å². The maximum Gasteiger partial charge on any atom is 0.333 e. The number of piperazine rings is 1. The minimum atomic E-state index is -1.05. The maximum absolute atomic E-state index is 13.1. The molecule has 1 aliphatic carbocycles. The lowest BCUT2D eigenvalue weighted by atomic mass is 9.77. The Morgan fingerprint density at radius 3 is 2.47 bits per heavy atom. The normalized spacial score (nSPS) is 24.9. The number of ketones is 2. The highest BCUT2D eigenvalue weighted by molar-refractivity contribution is 6.25. The van der Waals surface area contributed by atoms with Crippen LogP contribution >= 0.6 is 0 Å². The van der Waals surface area contributed by atoms with Gasteiger partial charge in [-0.1, -0.05) is 6.08 Å². The van der Waals surface area contributed by atoms with Crippen LogP contribution in [-0.4, -0.2) is 78.5 Å². The second-order valence-electron chi connectivity index (χ2n) is 7.51. The van der Waals surface area contributed by atoms with E-state index < -0.39 is 29.6 Å². The van der Waals surface area contributed by atoms with Crippen LogP contribution in [0.4, 0.5) is 0 Å². The number of amides is 2. The molecule has 9 heteroatoms. The first-order valence-electron chi connectivity index (χ1n) is 9.57. The van der Waals surface area contributed by atoms with Crippen LogP contribution in [0.3, 0.4) is 0 Å². The molecule has 0 aromatic carbocycles. The van der Waals surface area contributed by atoms with Crippen LogP contribution in [0.25, 0.3) is 0 Å². The Morgan fingerprint density at radius 2 is 1.87 bits per heavy atom. The zero-order valence-corrected chi connectivity index (χ0v) is 17.6. The summed E-state index contributed by atoms with van der Waals surface area (Å²) in [5, 5.41) is 0. The first kappa shape index (κ1) is 21.5. The molecule has 1 fully saturated rings. The van der Waals surface area contributed by atoms with Crippen molar-refractivity contribution < 1.29 is 33.4 Å². The molecule has 0 aromatic heterocycles. The molecular formula is C21H24N2O7. The first-order chi connectivity index (χ1) is 14.1. The number of fused-ring (bicyclic) bond motifs is 1. The van der Waals surface area contributed by atoms with Gasteiger partial charge in [-0.2, -0.15) is 0 Å². The van der Waals surface area contributed by atoms with E-state index in [0.29, 0.717) is 5.57 Å². The number of hydrogen-bond acceptors (Lipinski definition) is 7. The number of allylic oxidation sites excluding steroid dienone is 3. The van der Waals surface area contributed by atoms with Gasteiger partial charge < -0.3 is 19.3 Å². The van der Waals surface area contributed by atoms with Crippen molar-refractivity contribution in [1.29, 1.82) is 0 Å². The lowest BCUT2D eigenvalue weighted by Crippen LogP contribution is -2.65. The Hall–Kier alpha value is -3.23. The predicted octanol–water partition coefficient (Wildman–Crippen LogP) is 0.306. The maximum atomic E-state index is 13.1. The number of carbonyl (C=O) groups is 5. The summed E-state index contributed by atoms with van der Waals surface area (Å²) in [6.45, 7) is 4.23. The Kier molecular flexibility index (Phi) is 5.65. The van der Waals surface area contributed by atoms with E-state index in [9.17, 15) is 24.0 Å². The fourth-order valence-corrected chi connectivity index (χ4v) is 4.05. The van der Waals surface area contributed by atoms with E-state index >= 15 is 0 Å². The molecule has 0 radical (unpaired) electrons. The zero-order valence-electron chi connectivity index (χ0n) is 17.6. The van der Waals surface area contributed by atoms with Gasteiger partial charge in [0.25, 0.3) is 0 Å². The van der Waals surface area contributed by atoms with Crippen molar-refractivity contribution in [3.8, 4) is 0 Å². The molecule has 1 unspecified atom stereocenters. The zero-order chi connectivity index (χ0) is 22.3. The van der Waals surface area contributed by atoms with Crippen molar-refractivity contribution in [2.75, 3.05) is 27.3 Å². The third-order valence-corrected chi connectivity index (χ3v) is 5.79. The predicted molar refractivity (Wildman–Crippen MR) is 104 cm³/mol. The van der Waals surface area contributed by atoms with Crippen molar-refractivity contribution in [2.24, 2.45) is 0 Å². The Bertz CT molecular complexity index is 956. The summed E-state index contributed by atoms with van der Waals surface area (Å²) in [5.41, 5.74) is 0.727. The summed E-state index contributed by atoms with van der Waals surface area (Å²) < 4.78 is 10.5. The van der Waals surface area contributed by atoms with Crippen LogP contribution in [0.1, 0.15) is 27.2 Å². The summed E-state index contributed by atoms with van der Waals surface area (Å²) in [6, 6.07) is -1.98. The van der Waals surface area contributed by atoms with Crippen molar-refractivity contribution >= 4 is 29.4 Å². The largest absolute Gasteiger partial charge is 0.492 e. The standard InChI is InChI=1S/C21H24N2O7/c1-6-10(2)21(28)30-9-14-16-12(17(25)11(3)19(29-5)18(16)26)7-13-20(27)22(4)8-15(24)23(13)14/h6,13-14H,7-9H2,1-5H3/b10-6-/t13?,14-/m1/s1. The quantitative estimate of drug-likeness (QED) is 0.368. The molecule has 0 spiro atoms. The summed E-state index contributed by atoms with van der Waals surface area (Å²) in [7, 11) is 2.80. The van der Waals surface area contributed by atoms with Crippen LogP contribution in [0, 0.1) is 0 Å². The van der Waals surface area contributed by atoms with Crippen LogP contribution in [0.15, 0.2) is 34.1 Å². The lowest BCUT2D eigenvalue weighted by molar-refractivity contribution is -0.160. The molecule has 0 bridgehead atoms. The minimum absolute atomic E-state index is 0.0512. The van der Waals surface area contributed by atoms with E-state index in [0.717, 1.165) is 0 Å². The van der Waals surface area contributed by atoms with Crippen molar-refractivity contribution in [3.05, 3.63) is 34.1 Å². The molecule has 0 N–H and O–H groups in total. The monoisotopic (exact) mass is 416 g/mol. The third-order valence-electron chi connectivity index (χ3n) is 5.79. The molecule has 1 saturated heterocycles. The van der Waals surface area contributed by atoms with Crippen LogP contribution in [0.2, 0.25) is 0 Å². The summed E-state index contributed by atoms with van der Waals surface area (Å²) in [5.74, 6) is -2.37. The number of methoxy groups -OCH3 is 1. The highest BCUT2D eigenvalue weighted by atomic mass is 16.5. The Labute approximate surface area is 174 Å². The number of likely N-dealkylation sites (N-methyl/N-ethyl adjacent to an activating group) is 1. The number of hydrogen-bond donors (Lipinski definition) is 0. The summed E-state index contributed by atoms with van der Waals surface area (Å²) in [6.07, 6.45) is 1.51. The van der Waals surface area contributed by atoms with E-state index in [4.69, 9.17) is 9.47 Å². The minimum Gasteiger partial charge on any atom is -0.492 e. The van der Waals surface area contributed by atoms with Gasteiger partial charge in [-0.05, 0) is 20.8 Å². The van der Waals surface area contributed by atoms with E-state index in [1.54, 1.807) is 19.9 Å². The van der Waals surface area contributed by atoms with Gasteiger partial charge in [0.2, 0.25) is 17.6 Å². The van der Waals surface area contributed by atoms with Gasteiger partial charge in [0, 0.05) is 35.8 Å². The lowest BCUT2D eigenvalue weighted by Gasteiger charge is -2.47. The molecule has 9 nitrogen and oxygen atoms in total. The van der Waals surface area contributed by atoms with Gasteiger partial charge in [-0.15, -0.1) is 0 Å². The van der Waals surface area contributed by atoms with Gasteiger partial charge in [-0.25, -0.2) is 4.79 Å². The molecular weight excluding hydrogens is 392 g/mol.